The molecule has 3 nitrogen and oxygen atoms in total. The fourth-order valence-corrected chi connectivity index (χ4v) is 1.53. The van der Waals surface area contributed by atoms with Gasteiger partial charge in [0.2, 0.25) is 0 Å². The number of alkyl halides is 3. The van der Waals surface area contributed by atoms with E-state index >= 15 is 0 Å². The first-order valence-corrected chi connectivity index (χ1v) is 4.81. The van der Waals surface area contributed by atoms with Gasteiger partial charge in [-0.25, -0.2) is 8.78 Å². The molecule has 0 amide bonds. The number of nitriles is 2. The van der Waals surface area contributed by atoms with Crippen LogP contribution in [0.1, 0.15) is 28.9 Å². The Balaban J connectivity index is 3.40. The summed E-state index contributed by atoms with van der Waals surface area (Å²) in [6, 6.07) is 4.58. The number of nitrogens with zero attached hydrogens (tertiary/aromatic N) is 3. The van der Waals surface area contributed by atoms with E-state index in [4.69, 9.17) is 22.1 Å². The molecule has 0 saturated heterocycles. The molecule has 0 aliphatic heterocycles. The van der Waals surface area contributed by atoms with E-state index in [1.165, 1.54) is 0 Å². The Hall–Kier alpha value is -1.72. The zero-order valence-electron chi connectivity index (χ0n) is 8.04. The van der Waals surface area contributed by atoms with Crippen LogP contribution in [0.25, 0.3) is 0 Å². The van der Waals surface area contributed by atoms with Crippen LogP contribution in [0.5, 0.6) is 0 Å². The van der Waals surface area contributed by atoms with E-state index in [2.05, 4.69) is 4.98 Å². The molecule has 0 aromatic carbocycles. The summed E-state index contributed by atoms with van der Waals surface area (Å²) in [6.45, 7) is 0. The number of hydrogen-bond acceptors (Lipinski definition) is 3. The number of rotatable bonds is 3. The summed E-state index contributed by atoms with van der Waals surface area (Å²) in [7, 11) is 0. The number of aromatic nitrogens is 1. The first kappa shape index (κ1) is 12.4. The minimum absolute atomic E-state index is 0.0313. The zero-order valence-corrected chi connectivity index (χ0v) is 8.80. The summed E-state index contributed by atoms with van der Waals surface area (Å²) < 4.78 is 24.9. The summed E-state index contributed by atoms with van der Waals surface area (Å²) in [4.78, 5) is 3.63. The predicted molar refractivity (Wildman–Crippen MR) is 52.8 cm³/mol. The maximum absolute atomic E-state index is 12.5. The van der Waals surface area contributed by atoms with Crippen LogP contribution in [0.2, 0.25) is 0 Å². The minimum atomic E-state index is -2.77. The lowest BCUT2D eigenvalue weighted by atomic mass is 10.1. The van der Waals surface area contributed by atoms with Crippen LogP contribution in [-0.4, -0.2) is 4.98 Å². The molecule has 0 N–H and O–H groups in total. The molecular weight excluding hydrogens is 236 g/mol. The molecular formula is C10H6ClF2N3. The van der Waals surface area contributed by atoms with Gasteiger partial charge < -0.3 is 0 Å². The largest absolute Gasteiger partial charge is 0.280 e. The van der Waals surface area contributed by atoms with Gasteiger partial charge in [-0.05, 0) is 6.07 Å². The van der Waals surface area contributed by atoms with E-state index in [0.717, 1.165) is 6.07 Å². The first-order chi connectivity index (χ1) is 7.63. The monoisotopic (exact) mass is 241 g/mol. The summed E-state index contributed by atoms with van der Waals surface area (Å²) in [5.41, 5.74) is 0.0307. The van der Waals surface area contributed by atoms with Crippen molar-refractivity contribution in [2.24, 2.45) is 0 Å². The van der Waals surface area contributed by atoms with Crippen molar-refractivity contribution in [1.82, 2.24) is 4.98 Å². The van der Waals surface area contributed by atoms with Gasteiger partial charge in [-0.2, -0.15) is 10.5 Å². The summed E-state index contributed by atoms with van der Waals surface area (Å²) in [6.07, 6.45) is -2.91. The molecule has 0 saturated carbocycles. The Kier molecular flexibility index (Phi) is 4.16. The summed E-state index contributed by atoms with van der Waals surface area (Å²) in [5.74, 6) is -0.0313. The fourth-order valence-electron chi connectivity index (χ4n) is 1.23. The van der Waals surface area contributed by atoms with Crippen molar-refractivity contribution in [3.63, 3.8) is 0 Å². The fraction of sp³-hybridized carbons (Fsp3) is 0.300. The second-order valence-electron chi connectivity index (χ2n) is 2.90. The van der Waals surface area contributed by atoms with Gasteiger partial charge in [0.1, 0.15) is 5.69 Å². The molecule has 82 valence electrons. The maximum atomic E-state index is 12.5. The smallest absolute Gasteiger partial charge is 0.250 e. The molecule has 0 aliphatic carbocycles. The molecule has 0 radical (unpaired) electrons. The highest BCUT2D eigenvalue weighted by molar-refractivity contribution is 6.17. The van der Waals surface area contributed by atoms with Crippen LogP contribution in [0.4, 0.5) is 8.78 Å². The summed E-state index contributed by atoms with van der Waals surface area (Å²) in [5, 5.41) is 17.3. The third-order valence-electron chi connectivity index (χ3n) is 1.95. The number of halogens is 3. The van der Waals surface area contributed by atoms with Crippen molar-refractivity contribution < 1.29 is 8.78 Å². The molecule has 0 bridgehead atoms. The van der Waals surface area contributed by atoms with E-state index < -0.39 is 12.1 Å². The lowest BCUT2D eigenvalue weighted by Gasteiger charge is -2.08. The van der Waals surface area contributed by atoms with Gasteiger partial charge in [-0.3, -0.25) is 4.98 Å². The van der Waals surface area contributed by atoms with Gasteiger partial charge in [0.05, 0.1) is 35.7 Å². The Bertz CT molecular complexity index is 474. The predicted octanol–water partition coefficient (Wildman–Crippen LogP) is 2.70. The minimum Gasteiger partial charge on any atom is -0.250 e. The first-order valence-electron chi connectivity index (χ1n) is 4.27. The quantitative estimate of drug-likeness (QED) is 0.765. The Morgan fingerprint density at radius 2 is 2.12 bits per heavy atom. The molecule has 1 aromatic heterocycles. The molecule has 0 aliphatic rings. The zero-order chi connectivity index (χ0) is 12.1. The molecule has 0 atom stereocenters. The van der Waals surface area contributed by atoms with E-state index in [-0.39, 0.29) is 23.6 Å². The highest BCUT2D eigenvalue weighted by atomic mass is 35.5. The van der Waals surface area contributed by atoms with Gasteiger partial charge >= 0.3 is 0 Å². The highest BCUT2D eigenvalue weighted by Crippen LogP contribution is 2.23. The molecule has 0 spiro atoms. The Morgan fingerprint density at radius 1 is 1.44 bits per heavy atom. The van der Waals surface area contributed by atoms with Crippen LogP contribution >= 0.6 is 11.6 Å². The van der Waals surface area contributed by atoms with Crippen molar-refractivity contribution in [3.05, 3.63) is 28.6 Å². The van der Waals surface area contributed by atoms with Gasteiger partial charge in [0, 0.05) is 5.56 Å². The third kappa shape index (κ3) is 2.44. The van der Waals surface area contributed by atoms with Crippen LogP contribution < -0.4 is 0 Å². The lowest BCUT2D eigenvalue weighted by Crippen LogP contribution is -2.03. The number of hydrogen-bond donors (Lipinski definition) is 0. The van der Waals surface area contributed by atoms with Crippen LogP contribution in [0.3, 0.4) is 0 Å². The average molecular weight is 242 g/mol. The van der Waals surface area contributed by atoms with Crippen molar-refractivity contribution in [2.45, 2.75) is 18.7 Å². The third-order valence-corrected chi connectivity index (χ3v) is 2.22. The normalized spacial score (nSPS) is 9.88. The van der Waals surface area contributed by atoms with Gasteiger partial charge in [-0.1, -0.05) is 0 Å². The molecule has 0 unspecified atom stereocenters. The molecule has 6 heteroatoms. The van der Waals surface area contributed by atoms with E-state index in [1.54, 1.807) is 12.1 Å². The highest BCUT2D eigenvalue weighted by Gasteiger charge is 2.16. The van der Waals surface area contributed by atoms with Crippen LogP contribution in [0, 0.1) is 22.7 Å². The van der Waals surface area contributed by atoms with Gasteiger partial charge in [0.15, 0.2) is 0 Å². The Morgan fingerprint density at radius 3 is 2.56 bits per heavy atom. The number of pyridine rings is 1. The van der Waals surface area contributed by atoms with E-state index in [0.29, 0.717) is 5.56 Å². The molecule has 16 heavy (non-hydrogen) atoms. The SMILES string of the molecule is N#CCc1nc(C(F)F)cc(C#N)c1CCl. The van der Waals surface area contributed by atoms with Gasteiger partial charge in [0.25, 0.3) is 6.43 Å². The maximum Gasteiger partial charge on any atom is 0.280 e. The molecule has 1 aromatic rings. The van der Waals surface area contributed by atoms with Gasteiger partial charge in [-0.15, -0.1) is 11.6 Å². The summed E-state index contributed by atoms with van der Waals surface area (Å²) >= 11 is 5.60. The second-order valence-corrected chi connectivity index (χ2v) is 3.17. The Labute approximate surface area is 95.9 Å². The second kappa shape index (κ2) is 5.39. The molecule has 1 rings (SSSR count). The van der Waals surface area contributed by atoms with Crippen LogP contribution in [0.15, 0.2) is 6.07 Å². The van der Waals surface area contributed by atoms with Crippen molar-refractivity contribution in [3.8, 4) is 12.1 Å². The van der Waals surface area contributed by atoms with Crippen LogP contribution in [-0.2, 0) is 12.3 Å². The van der Waals surface area contributed by atoms with E-state index in [1.807, 2.05) is 0 Å². The topological polar surface area (TPSA) is 60.5 Å². The lowest BCUT2D eigenvalue weighted by molar-refractivity contribution is 0.146. The van der Waals surface area contributed by atoms with Crippen molar-refractivity contribution in [1.29, 1.82) is 10.5 Å². The van der Waals surface area contributed by atoms with Crippen molar-refractivity contribution in [2.75, 3.05) is 0 Å². The standard InChI is InChI=1S/C10H6ClF2N3/c11-4-7-6(5-15)3-9(10(12)13)16-8(7)1-2-14/h3,10H,1,4H2. The average Bonchev–Trinajstić information content (AvgIpc) is 2.28. The van der Waals surface area contributed by atoms with Crippen molar-refractivity contribution >= 4 is 11.6 Å². The molecule has 0 fully saturated rings. The molecule has 1 heterocycles. The van der Waals surface area contributed by atoms with E-state index in [9.17, 15) is 8.78 Å².